The normalized spacial score (nSPS) is 48.1. The smallest absolute Gasteiger partial charge is 0.221 e. The molecule has 0 spiro atoms. The third-order valence-corrected chi connectivity index (χ3v) is 3.66. The molecule has 2 N–H and O–H groups in total. The van der Waals surface area contributed by atoms with Gasteiger partial charge in [-0.2, -0.15) is 0 Å². The fourth-order valence-electron chi connectivity index (χ4n) is 3.07. The monoisotopic (exact) mass is 153 g/mol. The van der Waals surface area contributed by atoms with E-state index in [1.165, 1.54) is 19.3 Å². The minimum atomic E-state index is -0.0651. The Morgan fingerprint density at radius 3 is 2.36 bits per heavy atom. The van der Waals surface area contributed by atoms with Gasteiger partial charge in [-0.25, -0.2) is 0 Å². The van der Waals surface area contributed by atoms with Crippen molar-refractivity contribution < 1.29 is 4.79 Å². The largest absolute Gasteiger partial charge is 0.369 e. The zero-order valence-electron chi connectivity index (χ0n) is 6.92. The molecule has 11 heavy (non-hydrogen) atoms. The molecule has 0 aromatic carbocycles. The molecule has 2 rings (SSSR count). The number of hydrogen-bond acceptors (Lipinski definition) is 1. The molecule has 62 valence electrons. The molecule has 0 aromatic rings. The average Bonchev–Trinajstić information content (AvgIpc) is 2.44. The van der Waals surface area contributed by atoms with E-state index >= 15 is 0 Å². The lowest BCUT2D eigenvalue weighted by Gasteiger charge is -2.24. The Hall–Kier alpha value is -0.530. The van der Waals surface area contributed by atoms with Crippen molar-refractivity contribution in [1.82, 2.24) is 0 Å². The summed E-state index contributed by atoms with van der Waals surface area (Å²) in [5.41, 5.74) is 5.34. The minimum absolute atomic E-state index is 0.0651. The van der Waals surface area contributed by atoms with Gasteiger partial charge in [-0.05, 0) is 37.0 Å². The van der Waals surface area contributed by atoms with E-state index in [0.717, 1.165) is 5.92 Å². The van der Waals surface area contributed by atoms with Crippen LogP contribution in [0.4, 0.5) is 0 Å². The van der Waals surface area contributed by atoms with Crippen LogP contribution in [0.1, 0.15) is 26.2 Å². The second-order valence-corrected chi connectivity index (χ2v) is 4.12. The molecule has 0 radical (unpaired) electrons. The zero-order valence-corrected chi connectivity index (χ0v) is 6.92. The van der Waals surface area contributed by atoms with Crippen LogP contribution >= 0.6 is 0 Å². The number of primary amides is 1. The minimum Gasteiger partial charge on any atom is -0.369 e. The van der Waals surface area contributed by atoms with Crippen LogP contribution in [0, 0.1) is 23.7 Å². The van der Waals surface area contributed by atoms with Crippen molar-refractivity contribution in [3.05, 3.63) is 0 Å². The highest BCUT2D eigenvalue weighted by atomic mass is 16.1. The summed E-state index contributed by atoms with van der Waals surface area (Å²) in [4.78, 5) is 11.0. The van der Waals surface area contributed by atoms with Crippen molar-refractivity contribution in [2.45, 2.75) is 26.2 Å². The summed E-state index contributed by atoms with van der Waals surface area (Å²) in [6.07, 6.45) is 3.83. The van der Waals surface area contributed by atoms with E-state index in [9.17, 15) is 4.79 Å². The first-order valence-electron chi connectivity index (χ1n) is 4.49. The number of hydrogen-bond donors (Lipinski definition) is 1. The molecule has 2 bridgehead atoms. The first-order chi connectivity index (χ1) is 5.20. The molecule has 4 atom stereocenters. The number of fused-ring (bicyclic) bond motifs is 2. The number of carbonyl (C=O) groups is 1. The standard InChI is InChI=1S/C9H15NO/c1-5-6-2-3-7(4-6)8(5)9(10)11/h5-8H,2-4H2,1H3,(H2,10,11)/t5-,6+,7-,8?/m1/s1. The van der Waals surface area contributed by atoms with Gasteiger partial charge in [0.15, 0.2) is 0 Å². The first kappa shape index (κ1) is 7.14. The topological polar surface area (TPSA) is 43.1 Å². The molecular weight excluding hydrogens is 138 g/mol. The molecule has 2 nitrogen and oxygen atoms in total. The van der Waals surface area contributed by atoms with Crippen LogP contribution in [0.2, 0.25) is 0 Å². The Morgan fingerprint density at radius 2 is 2.00 bits per heavy atom. The van der Waals surface area contributed by atoms with E-state index in [1.807, 2.05) is 0 Å². The molecule has 2 aliphatic rings. The first-order valence-corrected chi connectivity index (χ1v) is 4.49. The Kier molecular flexibility index (Phi) is 1.44. The maximum Gasteiger partial charge on any atom is 0.221 e. The Labute approximate surface area is 67.1 Å². The molecule has 0 aromatic heterocycles. The molecule has 1 unspecified atom stereocenters. The van der Waals surface area contributed by atoms with Gasteiger partial charge in [-0.3, -0.25) is 4.79 Å². The van der Waals surface area contributed by atoms with Crippen LogP contribution in [-0.2, 0) is 4.79 Å². The van der Waals surface area contributed by atoms with E-state index in [1.54, 1.807) is 0 Å². The van der Waals surface area contributed by atoms with Crippen molar-refractivity contribution in [2.24, 2.45) is 29.4 Å². The molecule has 0 aliphatic heterocycles. The molecule has 2 heteroatoms. The average molecular weight is 153 g/mol. The lowest BCUT2D eigenvalue weighted by Crippen LogP contribution is -2.32. The molecule has 2 saturated carbocycles. The number of rotatable bonds is 1. The molecular formula is C9H15NO. The molecule has 0 heterocycles. The predicted molar refractivity (Wildman–Crippen MR) is 42.7 cm³/mol. The van der Waals surface area contributed by atoms with Gasteiger partial charge in [0.2, 0.25) is 5.91 Å². The summed E-state index contributed by atoms with van der Waals surface area (Å²) in [5, 5.41) is 0. The third kappa shape index (κ3) is 0.883. The van der Waals surface area contributed by atoms with E-state index < -0.39 is 0 Å². The van der Waals surface area contributed by atoms with Crippen LogP contribution in [0.5, 0.6) is 0 Å². The molecule has 2 aliphatic carbocycles. The van der Waals surface area contributed by atoms with Gasteiger partial charge in [0.1, 0.15) is 0 Å². The quantitative estimate of drug-likeness (QED) is 0.603. The fraction of sp³-hybridized carbons (Fsp3) is 0.889. The van der Waals surface area contributed by atoms with Gasteiger partial charge in [0.25, 0.3) is 0 Å². The van der Waals surface area contributed by atoms with Crippen LogP contribution in [0.25, 0.3) is 0 Å². The van der Waals surface area contributed by atoms with Crippen molar-refractivity contribution in [3.8, 4) is 0 Å². The van der Waals surface area contributed by atoms with Crippen molar-refractivity contribution >= 4 is 5.91 Å². The summed E-state index contributed by atoms with van der Waals surface area (Å²) in [6, 6.07) is 0. The second kappa shape index (κ2) is 2.23. The van der Waals surface area contributed by atoms with Crippen LogP contribution in [0.15, 0.2) is 0 Å². The van der Waals surface area contributed by atoms with E-state index in [-0.39, 0.29) is 11.8 Å². The molecule has 1 amide bonds. The highest BCUT2D eigenvalue weighted by molar-refractivity contribution is 5.77. The summed E-state index contributed by atoms with van der Waals surface area (Å²) >= 11 is 0. The van der Waals surface area contributed by atoms with E-state index in [2.05, 4.69) is 6.92 Å². The predicted octanol–water partition coefficient (Wildman–Crippen LogP) is 1.15. The maximum absolute atomic E-state index is 11.0. The summed E-state index contributed by atoms with van der Waals surface area (Å²) in [5.74, 6) is 2.13. The lowest BCUT2D eigenvalue weighted by atomic mass is 9.80. The highest BCUT2D eigenvalue weighted by Crippen LogP contribution is 2.51. The summed E-state index contributed by atoms with van der Waals surface area (Å²) in [6.45, 7) is 2.18. The fourth-order valence-corrected chi connectivity index (χ4v) is 3.07. The number of nitrogens with two attached hydrogens (primary N) is 1. The maximum atomic E-state index is 11.0. The SMILES string of the molecule is C[C@H]1C(C(N)=O)[C@@H]2CC[C@H]1C2. The Balaban J connectivity index is 2.17. The summed E-state index contributed by atoms with van der Waals surface area (Å²) in [7, 11) is 0. The van der Waals surface area contributed by atoms with Crippen LogP contribution in [0.3, 0.4) is 0 Å². The van der Waals surface area contributed by atoms with Crippen LogP contribution in [-0.4, -0.2) is 5.91 Å². The van der Waals surface area contributed by atoms with E-state index in [4.69, 9.17) is 5.73 Å². The van der Waals surface area contributed by atoms with Gasteiger partial charge in [-0.1, -0.05) is 6.92 Å². The Morgan fingerprint density at radius 1 is 1.36 bits per heavy atom. The van der Waals surface area contributed by atoms with Crippen LogP contribution < -0.4 is 5.73 Å². The zero-order chi connectivity index (χ0) is 8.01. The lowest BCUT2D eigenvalue weighted by molar-refractivity contribution is -0.124. The highest BCUT2D eigenvalue weighted by Gasteiger charge is 2.47. The van der Waals surface area contributed by atoms with Gasteiger partial charge >= 0.3 is 0 Å². The molecule has 0 saturated heterocycles. The van der Waals surface area contributed by atoms with Crippen molar-refractivity contribution in [2.75, 3.05) is 0 Å². The van der Waals surface area contributed by atoms with Gasteiger partial charge in [0.05, 0.1) is 0 Å². The third-order valence-electron chi connectivity index (χ3n) is 3.66. The van der Waals surface area contributed by atoms with E-state index in [0.29, 0.717) is 11.8 Å². The van der Waals surface area contributed by atoms with Gasteiger partial charge < -0.3 is 5.73 Å². The summed E-state index contributed by atoms with van der Waals surface area (Å²) < 4.78 is 0. The van der Waals surface area contributed by atoms with Gasteiger partial charge in [-0.15, -0.1) is 0 Å². The van der Waals surface area contributed by atoms with Crippen molar-refractivity contribution in [1.29, 1.82) is 0 Å². The van der Waals surface area contributed by atoms with Gasteiger partial charge in [0, 0.05) is 5.92 Å². The number of amides is 1. The molecule has 2 fully saturated rings. The number of carbonyl (C=O) groups excluding carboxylic acids is 1. The Bertz CT molecular complexity index is 188. The second-order valence-electron chi connectivity index (χ2n) is 4.12. The van der Waals surface area contributed by atoms with Crippen molar-refractivity contribution in [3.63, 3.8) is 0 Å².